The Hall–Kier alpha value is -4.18. The van der Waals surface area contributed by atoms with Gasteiger partial charge in [0.2, 0.25) is 0 Å². The van der Waals surface area contributed by atoms with Crippen LogP contribution in [0.15, 0.2) is 36.4 Å². The van der Waals surface area contributed by atoms with E-state index in [0.717, 1.165) is 23.8 Å². The molecule has 0 bridgehead atoms. The zero-order chi connectivity index (χ0) is 35.2. The van der Waals surface area contributed by atoms with Crippen LogP contribution in [0.25, 0.3) is 21.9 Å². The van der Waals surface area contributed by atoms with Crippen LogP contribution < -0.4 is 21.3 Å². The van der Waals surface area contributed by atoms with Crippen molar-refractivity contribution in [3.8, 4) is 23.8 Å². The predicted molar refractivity (Wildman–Crippen MR) is 183 cm³/mol. The number of benzene rings is 2. The van der Waals surface area contributed by atoms with Crippen molar-refractivity contribution in [3.05, 3.63) is 53.3 Å². The molecule has 0 radical (unpaired) electrons. The minimum absolute atomic E-state index is 0.0704. The number of rotatable bonds is 13. The number of pyridine rings is 1. The fourth-order valence-electron chi connectivity index (χ4n) is 5.07. The van der Waals surface area contributed by atoms with Crippen LogP contribution in [0.4, 0.5) is 5.82 Å². The smallest absolute Gasteiger partial charge is 0.508 e. The number of phosphoric ester groups is 1. The van der Waals surface area contributed by atoms with Gasteiger partial charge in [-0.1, -0.05) is 39.3 Å². The number of nitrogen functional groups attached to an aromatic ring is 1. The van der Waals surface area contributed by atoms with Gasteiger partial charge in [0.1, 0.15) is 22.8 Å². The predicted octanol–water partition coefficient (Wildman–Crippen LogP) is 4.48. The van der Waals surface area contributed by atoms with Gasteiger partial charge in [0.05, 0.1) is 41.9 Å². The number of unbranched alkanes of at least 4 members (excludes halogenated alkanes) is 1. The summed E-state index contributed by atoms with van der Waals surface area (Å²) in [4.78, 5) is 40.0. The highest BCUT2D eigenvalue weighted by Crippen LogP contribution is 2.41. The minimum Gasteiger partial charge on any atom is -0.508 e. The molecule has 4 aromatic rings. The quantitative estimate of drug-likeness (QED) is 0.0865. The molecule has 0 spiro atoms. The number of phenolic OH excluding ortho intramolecular Hbond substituents is 1. The SMILES string of the molecule is C#CC(=O)NC(C)(C)COCC(C)(N)c1ccc2c(c1)nc(N)c1nc(CCCC)n(Cc3cc(O)ccc3OP(=O)(O)O)c12.CC. The van der Waals surface area contributed by atoms with E-state index in [4.69, 9.17) is 32.1 Å². The van der Waals surface area contributed by atoms with Gasteiger partial charge >= 0.3 is 7.82 Å². The molecule has 0 saturated heterocycles. The summed E-state index contributed by atoms with van der Waals surface area (Å²) in [5.74, 6) is 2.23. The van der Waals surface area contributed by atoms with Crippen LogP contribution in [-0.2, 0) is 32.6 Å². The Morgan fingerprint density at radius 2 is 1.83 bits per heavy atom. The van der Waals surface area contributed by atoms with Gasteiger partial charge in [0.25, 0.3) is 5.91 Å². The number of phosphoric acid groups is 1. The molecule has 0 aliphatic carbocycles. The van der Waals surface area contributed by atoms with Crippen LogP contribution in [-0.4, -0.2) is 54.1 Å². The van der Waals surface area contributed by atoms with Crippen molar-refractivity contribution in [1.82, 2.24) is 19.9 Å². The lowest BCUT2D eigenvalue weighted by Gasteiger charge is -2.29. The van der Waals surface area contributed by atoms with E-state index in [1.165, 1.54) is 18.2 Å². The van der Waals surface area contributed by atoms with E-state index in [1.807, 2.05) is 49.5 Å². The van der Waals surface area contributed by atoms with Crippen LogP contribution in [0.1, 0.15) is 71.3 Å². The number of terminal acetylenes is 1. The van der Waals surface area contributed by atoms with Gasteiger partial charge in [-0.05, 0) is 62.9 Å². The lowest BCUT2D eigenvalue weighted by molar-refractivity contribution is -0.118. The zero-order valence-corrected chi connectivity index (χ0v) is 28.6. The van der Waals surface area contributed by atoms with Crippen molar-refractivity contribution in [2.75, 3.05) is 18.9 Å². The summed E-state index contributed by atoms with van der Waals surface area (Å²) in [5.41, 5.74) is 14.3. The van der Waals surface area contributed by atoms with Gasteiger partial charge in [-0.25, -0.2) is 14.5 Å². The molecular formula is C33H45N6O7P. The Morgan fingerprint density at radius 3 is 2.47 bits per heavy atom. The number of anilines is 1. The molecule has 0 aliphatic heterocycles. The number of nitrogens with two attached hydrogens (primary N) is 2. The lowest BCUT2D eigenvalue weighted by atomic mass is 9.93. The Bertz CT molecular complexity index is 1820. The number of aromatic hydroxyl groups is 1. The highest BCUT2D eigenvalue weighted by Gasteiger charge is 2.27. The molecule has 2 aromatic heterocycles. The Kier molecular flexibility index (Phi) is 12.0. The van der Waals surface area contributed by atoms with Gasteiger partial charge in [-0.2, -0.15) is 0 Å². The van der Waals surface area contributed by atoms with Crippen molar-refractivity contribution in [1.29, 1.82) is 0 Å². The number of ether oxygens (including phenoxy) is 1. The van der Waals surface area contributed by atoms with Crippen molar-refractivity contribution in [2.45, 2.75) is 78.4 Å². The number of imidazole rings is 1. The molecule has 254 valence electrons. The maximum absolute atomic E-state index is 11.7. The second kappa shape index (κ2) is 15.2. The Morgan fingerprint density at radius 1 is 1.13 bits per heavy atom. The number of aromatic nitrogens is 3. The van der Waals surface area contributed by atoms with Gasteiger partial charge in [-0.15, -0.1) is 6.42 Å². The lowest BCUT2D eigenvalue weighted by Crippen LogP contribution is -2.48. The fraction of sp³-hybridized carbons (Fsp3) is 0.424. The van der Waals surface area contributed by atoms with Crippen LogP contribution in [0.2, 0.25) is 0 Å². The number of carbonyl (C=O) groups is 1. The third-order valence-corrected chi connectivity index (χ3v) is 7.67. The second-order valence-electron chi connectivity index (χ2n) is 11.9. The van der Waals surface area contributed by atoms with Crippen LogP contribution >= 0.6 is 7.82 Å². The van der Waals surface area contributed by atoms with E-state index in [1.54, 1.807) is 13.8 Å². The maximum Gasteiger partial charge on any atom is 0.524 e. The molecule has 8 N–H and O–H groups in total. The number of phenols is 1. The molecule has 47 heavy (non-hydrogen) atoms. The molecule has 1 atom stereocenters. The molecular weight excluding hydrogens is 623 g/mol. The van der Waals surface area contributed by atoms with E-state index in [9.17, 15) is 24.3 Å². The first-order valence-electron chi connectivity index (χ1n) is 15.3. The number of amides is 1. The highest BCUT2D eigenvalue weighted by atomic mass is 31.2. The molecule has 0 saturated carbocycles. The van der Waals surface area contributed by atoms with Crippen molar-refractivity contribution in [3.63, 3.8) is 0 Å². The van der Waals surface area contributed by atoms with Gasteiger partial charge in [0, 0.05) is 17.4 Å². The van der Waals surface area contributed by atoms with Crippen molar-refractivity contribution >= 4 is 41.5 Å². The summed E-state index contributed by atoms with van der Waals surface area (Å²) in [5, 5.41) is 13.6. The molecule has 14 heteroatoms. The van der Waals surface area contributed by atoms with Crippen LogP contribution in [0.5, 0.6) is 11.5 Å². The fourth-order valence-corrected chi connectivity index (χ4v) is 5.50. The number of fused-ring (bicyclic) bond motifs is 3. The molecule has 2 heterocycles. The summed E-state index contributed by atoms with van der Waals surface area (Å²) >= 11 is 0. The maximum atomic E-state index is 11.7. The standard InChI is InChI=1S/C31H39N6O7P.C2H6/c1-6-8-9-25-35-27-28(37(25)16-19-14-21(38)11-13-24(19)44-45(40,41)42)22-12-10-20(15-23(22)34-29(27)32)31(5,33)18-43-17-30(3,4)36-26(39)7-2;1-2/h2,10-15,38H,6,8-9,16-18,33H2,1,3-5H3,(H2,32,34)(H,36,39)(H2,40,41,42);1-2H3. The molecule has 13 nitrogen and oxygen atoms in total. The van der Waals surface area contributed by atoms with Crippen LogP contribution in [0, 0.1) is 12.3 Å². The average molecular weight is 669 g/mol. The van der Waals surface area contributed by atoms with E-state index in [0.29, 0.717) is 34.4 Å². The summed E-state index contributed by atoms with van der Waals surface area (Å²) in [6.07, 6.45) is 7.51. The van der Waals surface area contributed by atoms with E-state index in [-0.39, 0.29) is 37.1 Å². The normalized spacial score (nSPS) is 13.0. The molecule has 1 amide bonds. The summed E-state index contributed by atoms with van der Waals surface area (Å²) in [7, 11) is -4.88. The zero-order valence-electron chi connectivity index (χ0n) is 27.7. The van der Waals surface area contributed by atoms with Crippen molar-refractivity contribution < 1.29 is 33.5 Å². The molecule has 0 fully saturated rings. The molecule has 0 aliphatic rings. The van der Waals surface area contributed by atoms with Crippen LogP contribution in [0.3, 0.4) is 0 Å². The number of hydrogen-bond acceptors (Lipinski definition) is 9. The molecule has 1 unspecified atom stereocenters. The minimum atomic E-state index is -4.88. The van der Waals surface area contributed by atoms with Gasteiger partial charge in [-0.3, -0.25) is 14.6 Å². The van der Waals surface area contributed by atoms with Gasteiger partial charge in [0.15, 0.2) is 5.82 Å². The first kappa shape index (κ1) is 37.3. The number of hydrogen-bond donors (Lipinski definition) is 6. The average Bonchev–Trinajstić information content (AvgIpc) is 3.35. The Balaban J connectivity index is 0.00000294. The summed E-state index contributed by atoms with van der Waals surface area (Å²) < 4.78 is 24.4. The Labute approximate surface area is 274 Å². The van der Waals surface area contributed by atoms with E-state index in [2.05, 4.69) is 17.2 Å². The highest BCUT2D eigenvalue weighted by molar-refractivity contribution is 7.46. The third kappa shape index (κ3) is 9.44. The number of aryl methyl sites for hydroxylation is 1. The van der Waals surface area contributed by atoms with Crippen molar-refractivity contribution in [2.24, 2.45) is 5.73 Å². The van der Waals surface area contributed by atoms with E-state index < -0.39 is 24.8 Å². The summed E-state index contributed by atoms with van der Waals surface area (Å²) in [6, 6.07) is 9.57. The second-order valence-corrected chi connectivity index (χ2v) is 13.1. The monoisotopic (exact) mass is 668 g/mol. The first-order valence-corrected chi connectivity index (χ1v) is 16.9. The summed E-state index contributed by atoms with van der Waals surface area (Å²) in [6.45, 7) is 11.8. The number of nitrogens with one attached hydrogen (secondary N) is 1. The largest absolute Gasteiger partial charge is 0.524 e. The number of carbonyl (C=O) groups excluding carboxylic acids is 1. The molecule has 4 rings (SSSR count). The topological polar surface area (TPSA) is 208 Å². The number of nitrogens with zero attached hydrogens (tertiary/aromatic N) is 3. The van der Waals surface area contributed by atoms with Gasteiger partial charge < -0.3 is 35.7 Å². The van der Waals surface area contributed by atoms with E-state index >= 15 is 0 Å². The third-order valence-electron chi connectivity index (χ3n) is 7.23. The first-order chi connectivity index (χ1) is 22.0. The molecule has 2 aromatic carbocycles.